The van der Waals surface area contributed by atoms with E-state index in [1.54, 1.807) is 13.4 Å². The highest BCUT2D eigenvalue weighted by atomic mass is 16.5. The number of aliphatic hydroxyl groups excluding tert-OH is 1. The lowest BCUT2D eigenvalue weighted by Gasteiger charge is -2.17. The Morgan fingerprint density at radius 3 is 2.94 bits per heavy atom. The van der Waals surface area contributed by atoms with Crippen LogP contribution in [0.3, 0.4) is 0 Å². The van der Waals surface area contributed by atoms with Crippen LogP contribution in [0, 0.1) is 0 Å². The average molecular weight is 254 g/mol. The summed E-state index contributed by atoms with van der Waals surface area (Å²) in [6.45, 7) is 2.53. The second-order valence-corrected chi connectivity index (χ2v) is 4.03. The van der Waals surface area contributed by atoms with Crippen molar-refractivity contribution in [1.82, 2.24) is 9.97 Å². The third-order valence-electron chi connectivity index (χ3n) is 2.53. The molecular weight excluding hydrogens is 232 g/mol. The van der Waals surface area contributed by atoms with Gasteiger partial charge in [-0.2, -0.15) is 0 Å². The maximum absolute atomic E-state index is 8.80. The minimum absolute atomic E-state index is 0.192. The van der Waals surface area contributed by atoms with E-state index in [-0.39, 0.29) is 6.61 Å². The molecule has 1 aromatic heterocycles. The molecule has 0 saturated carbocycles. The zero-order valence-corrected chi connectivity index (χ0v) is 11.1. The van der Waals surface area contributed by atoms with Gasteiger partial charge in [-0.3, -0.25) is 0 Å². The number of aromatic nitrogens is 2. The molecule has 0 aliphatic rings. The molecule has 1 rings (SSSR count). The van der Waals surface area contributed by atoms with Crippen LogP contribution in [0.5, 0.6) is 0 Å². The Labute approximate surface area is 108 Å². The van der Waals surface area contributed by atoms with Crippen molar-refractivity contribution in [2.45, 2.75) is 12.8 Å². The fraction of sp³-hybridized carbons (Fsp3) is 0.667. The van der Waals surface area contributed by atoms with Crippen LogP contribution >= 0.6 is 0 Å². The maximum Gasteiger partial charge on any atom is 0.133 e. The number of nitrogens with zero attached hydrogens (tertiary/aromatic N) is 3. The maximum atomic E-state index is 8.80. The molecule has 0 saturated heterocycles. The van der Waals surface area contributed by atoms with E-state index in [0.29, 0.717) is 0 Å². The van der Waals surface area contributed by atoms with E-state index < -0.39 is 0 Å². The van der Waals surface area contributed by atoms with Gasteiger partial charge in [0, 0.05) is 46.5 Å². The molecular formula is C12H22N4O2. The molecule has 0 radical (unpaired) electrons. The second kappa shape index (κ2) is 8.66. The number of ether oxygens (including phenoxy) is 1. The molecule has 18 heavy (non-hydrogen) atoms. The van der Waals surface area contributed by atoms with Crippen molar-refractivity contribution in [3.63, 3.8) is 0 Å². The van der Waals surface area contributed by atoms with Gasteiger partial charge in [-0.1, -0.05) is 0 Å². The highest BCUT2D eigenvalue weighted by Gasteiger charge is 2.03. The van der Waals surface area contributed by atoms with Crippen LogP contribution in [-0.2, 0) is 4.74 Å². The minimum atomic E-state index is 0.192. The lowest BCUT2D eigenvalue weighted by molar-refractivity contribution is 0.198. The Morgan fingerprint density at radius 2 is 2.22 bits per heavy atom. The third kappa shape index (κ3) is 5.29. The summed E-state index contributed by atoms with van der Waals surface area (Å²) in [4.78, 5) is 10.4. The first-order chi connectivity index (χ1) is 8.77. The van der Waals surface area contributed by atoms with Gasteiger partial charge in [0.2, 0.25) is 0 Å². The lowest BCUT2D eigenvalue weighted by atomic mass is 10.4. The smallest absolute Gasteiger partial charge is 0.133 e. The first kappa shape index (κ1) is 14.7. The second-order valence-electron chi connectivity index (χ2n) is 4.03. The summed E-state index contributed by atoms with van der Waals surface area (Å²) in [5, 5.41) is 12.0. The first-order valence-electron chi connectivity index (χ1n) is 6.14. The highest BCUT2D eigenvalue weighted by Crippen LogP contribution is 2.12. The van der Waals surface area contributed by atoms with Gasteiger partial charge in [0.25, 0.3) is 0 Å². The topological polar surface area (TPSA) is 70.5 Å². The Bertz CT molecular complexity index is 336. The summed E-state index contributed by atoms with van der Waals surface area (Å²) in [6, 6.07) is 1.91. The van der Waals surface area contributed by atoms with Gasteiger partial charge in [-0.15, -0.1) is 0 Å². The molecule has 0 aromatic carbocycles. The van der Waals surface area contributed by atoms with Crippen LogP contribution in [0.15, 0.2) is 12.4 Å². The molecule has 2 N–H and O–H groups in total. The first-order valence-corrected chi connectivity index (χ1v) is 6.14. The molecule has 0 aliphatic carbocycles. The molecule has 0 unspecified atom stereocenters. The van der Waals surface area contributed by atoms with Gasteiger partial charge in [-0.25, -0.2) is 9.97 Å². The normalized spacial score (nSPS) is 10.4. The van der Waals surface area contributed by atoms with Crippen molar-refractivity contribution in [1.29, 1.82) is 0 Å². The predicted molar refractivity (Wildman–Crippen MR) is 72.0 cm³/mol. The van der Waals surface area contributed by atoms with E-state index in [0.717, 1.165) is 44.2 Å². The minimum Gasteiger partial charge on any atom is -0.396 e. The fourth-order valence-electron chi connectivity index (χ4n) is 1.51. The van der Waals surface area contributed by atoms with Gasteiger partial charge in [0.1, 0.15) is 18.0 Å². The monoisotopic (exact) mass is 254 g/mol. The zero-order valence-electron chi connectivity index (χ0n) is 11.1. The Kier molecular flexibility index (Phi) is 7.05. The lowest BCUT2D eigenvalue weighted by Crippen LogP contribution is -2.21. The van der Waals surface area contributed by atoms with Gasteiger partial charge < -0.3 is 20.1 Å². The summed E-state index contributed by atoms with van der Waals surface area (Å²) >= 11 is 0. The molecule has 0 spiro atoms. The van der Waals surface area contributed by atoms with E-state index in [1.165, 1.54) is 0 Å². The number of hydrogen-bond acceptors (Lipinski definition) is 6. The summed E-state index contributed by atoms with van der Waals surface area (Å²) in [5.74, 6) is 1.67. The van der Waals surface area contributed by atoms with Gasteiger partial charge >= 0.3 is 0 Å². The Balaban J connectivity index is 2.45. The number of nitrogens with one attached hydrogen (secondary N) is 1. The average Bonchev–Trinajstić information content (AvgIpc) is 2.41. The molecule has 6 nitrogen and oxygen atoms in total. The van der Waals surface area contributed by atoms with Gasteiger partial charge in [-0.05, 0) is 12.8 Å². The molecule has 1 heterocycles. The molecule has 0 atom stereocenters. The number of aliphatic hydroxyl groups is 1. The molecule has 102 valence electrons. The highest BCUT2D eigenvalue weighted by molar-refractivity contribution is 5.47. The van der Waals surface area contributed by atoms with Crippen LogP contribution in [0.25, 0.3) is 0 Å². The van der Waals surface area contributed by atoms with Crippen molar-refractivity contribution in [2.24, 2.45) is 0 Å². The SMILES string of the molecule is COCCCNc1cc(N(C)CCCO)ncn1. The predicted octanol–water partition coefficient (Wildman–Crippen LogP) is 0.744. The number of hydrogen-bond donors (Lipinski definition) is 2. The van der Waals surface area contributed by atoms with Crippen LogP contribution < -0.4 is 10.2 Å². The van der Waals surface area contributed by atoms with E-state index in [9.17, 15) is 0 Å². The van der Waals surface area contributed by atoms with E-state index in [1.807, 2.05) is 18.0 Å². The van der Waals surface area contributed by atoms with Crippen molar-refractivity contribution in [3.05, 3.63) is 12.4 Å². The molecule has 0 bridgehead atoms. The van der Waals surface area contributed by atoms with Gasteiger partial charge in [0.15, 0.2) is 0 Å². The van der Waals surface area contributed by atoms with Crippen LogP contribution in [0.1, 0.15) is 12.8 Å². The summed E-state index contributed by atoms with van der Waals surface area (Å²) in [5.41, 5.74) is 0. The van der Waals surface area contributed by atoms with Crippen LogP contribution in [-0.4, -0.2) is 55.5 Å². The Morgan fingerprint density at radius 1 is 1.39 bits per heavy atom. The molecule has 6 heteroatoms. The van der Waals surface area contributed by atoms with Crippen LogP contribution in [0.4, 0.5) is 11.6 Å². The molecule has 0 aliphatic heterocycles. The molecule has 0 fully saturated rings. The number of anilines is 2. The molecule has 0 amide bonds. The standard InChI is InChI=1S/C12H22N4O2/c1-16(6-4-7-17)12-9-11(14-10-15-12)13-5-3-8-18-2/h9-10,17H,3-8H2,1-2H3,(H,13,14,15). The quantitative estimate of drug-likeness (QED) is 0.634. The fourth-order valence-corrected chi connectivity index (χ4v) is 1.51. The summed E-state index contributed by atoms with van der Waals surface area (Å²) in [6.07, 6.45) is 3.22. The number of methoxy groups -OCH3 is 1. The van der Waals surface area contributed by atoms with Crippen molar-refractivity contribution >= 4 is 11.6 Å². The van der Waals surface area contributed by atoms with Crippen molar-refractivity contribution in [3.8, 4) is 0 Å². The number of rotatable bonds is 9. The largest absolute Gasteiger partial charge is 0.396 e. The van der Waals surface area contributed by atoms with E-state index in [4.69, 9.17) is 9.84 Å². The van der Waals surface area contributed by atoms with Gasteiger partial charge in [0.05, 0.1) is 0 Å². The summed E-state index contributed by atoms with van der Waals surface area (Å²) < 4.78 is 4.98. The van der Waals surface area contributed by atoms with Crippen molar-refractivity contribution < 1.29 is 9.84 Å². The summed E-state index contributed by atoms with van der Waals surface area (Å²) in [7, 11) is 3.64. The van der Waals surface area contributed by atoms with E-state index >= 15 is 0 Å². The van der Waals surface area contributed by atoms with E-state index in [2.05, 4.69) is 15.3 Å². The molecule has 1 aromatic rings. The third-order valence-corrected chi connectivity index (χ3v) is 2.53. The zero-order chi connectivity index (χ0) is 13.2. The Hall–Kier alpha value is -1.40. The van der Waals surface area contributed by atoms with Crippen molar-refractivity contribution in [2.75, 3.05) is 50.7 Å². The van der Waals surface area contributed by atoms with Crippen LogP contribution in [0.2, 0.25) is 0 Å².